The van der Waals surface area contributed by atoms with Crippen LogP contribution in [-0.4, -0.2) is 0 Å². The molecule has 0 amide bonds. The van der Waals surface area contributed by atoms with Crippen LogP contribution in [0.15, 0.2) is 16.8 Å². The molecule has 0 aliphatic carbocycles. The van der Waals surface area contributed by atoms with Crippen molar-refractivity contribution in [1.29, 1.82) is 0 Å². The normalized spacial score (nSPS) is 13.6. The summed E-state index contributed by atoms with van der Waals surface area (Å²) in [5.41, 5.74) is 7.01. The van der Waals surface area contributed by atoms with Gasteiger partial charge >= 0.3 is 0 Å². The quantitative estimate of drug-likeness (QED) is 0.671. The fourth-order valence-corrected chi connectivity index (χ4v) is 1.45. The topological polar surface area (TPSA) is 26.0 Å². The van der Waals surface area contributed by atoms with E-state index in [1.54, 1.807) is 11.3 Å². The molecule has 0 saturated carbocycles. The summed E-state index contributed by atoms with van der Waals surface area (Å²) in [6, 6.07) is 2.33. The second kappa shape index (κ2) is 2.99. The first-order chi connectivity index (χ1) is 4.34. The third kappa shape index (κ3) is 1.53. The molecule has 0 aliphatic heterocycles. The van der Waals surface area contributed by atoms with Crippen molar-refractivity contribution in [2.75, 3.05) is 0 Å². The molecule has 0 spiro atoms. The fraction of sp³-hybridized carbons (Fsp3) is 0.429. The van der Waals surface area contributed by atoms with Gasteiger partial charge in [0.15, 0.2) is 0 Å². The summed E-state index contributed by atoms with van der Waals surface area (Å²) in [6.45, 7) is 2.10. The van der Waals surface area contributed by atoms with Gasteiger partial charge in [-0.05, 0) is 28.8 Å². The largest absolute Gasteiger partial charge is 0.324 e. The molecule has 1 rings (SSSR count). The molecule has 0 fully saturated rings. The van der Waals surface area contributed by atoms with Gasteiger partial charge in [-0.3, -0.25) is 0 Å². The van der Waals surface area contributed by atoms with Crippen LogP contribution in [0.4, 0.5) is 0 Å². The van der Waals surface area contributed by atoms with Crippen molar-refractivity contribution >= 4 is 11.3 Å². The molecule has 0 radical (unpaired) electrons. The lowest BCUT2D eigenvalue weighted by atomic mass is 10.1. The van der Waals surface area contributed by atoms with E-state index in [9.17, 15) is 0 Å². The third-order valence-electron chi connectivity index (χ3n) is 1.41. The Kier molecular flexibility index (Phi) is 2.25. The summed E-state index contributed by atoms with van der Waals surface area (Å²) in [7, 11) is 0. The molecular formula is C7H11NS. The highest BCUT2D eigenvalue weighted by atomic mass is 32.1. The monoisotopic (exact) mass is 141 g/mol. The van der Waals surface area contributed by atoms with E-state index in [1.807, 2.05) is 0 Å². The van der Waals surface area contributed by atoms with Gasteiger partial charge < -0.3 is 5.73 Å². The van der Waals surface area contributed by atoms with Gasteiger partial charge in [0, 0.05) is 6.04 Å². The van der Waals surface area contributed by atoms with Crippen LogP contribution in [0.5, 0.6) is 0 Å². The molecule has 1 atom stereocenters. The molecule has 0 saturated heterocycles. The molecule has 9 heavy (non-hydrogen) atoms. The molecule has 2 heteroatoms. The molecule has 1 aromatic rings. The Morgan fingerprint density at radius 3 is 3.00 bits per heavy atom. The molecule has 1 unspecified atom stereocenters. The molecule has 1 aromatic heterocycles. The van der Waals surface area contributed by atoms with Crippen LogP contribution in [-0.2, 0) is 0 Å². The van der Waals surface area contributed by atoms with E-state index in [0.717, 1.165) is 6.42 Å². The Morgan fingerprint density at radius 2 is 2.56 bits per heavy atom. The van der Waals surface area contributed by atoms with Gasteiger partial charge in [-0.2, -0.15) is 11.3 Å². The average Bonchev–Trinajstić information content (AvgIpc) is 2.37. The molecule has 50 valence electrons. The maximum atomic E-state index is 5.75. The first-order valence-electron chi connectivity index (χ1n) is 3.12. The Bertz CT molecular complexity index is 157. The van der Waals surface area contributed by atoms with Crippen molar-refractivity contribution in [1.82, 2.24) is 0 Å². The van der Waals surface area contributed by atoms with Crippen molar-refractivity contribution in [3.05, 3.63) is 22.4 Å². The van der Waals surface area contributed by atoms with Crippen LogP contribution in [0.1, 0.15) is 24.9 Å². The van der Waals surface area contributed by atoms with E-state index in [1.165, 1.54) is 5.56 Å². The standard InChI is InChI=1S/C7H11NS/c1-2-7(8)6-3-4-9-5-6/h3-5,7H,2,8H2,1H3. The summed E-state index contributed by atoms with van der Waals surface area (Å²) in [5, 5.41) is 4.17. The lowest BCUT2D eigenvalue weighted by Crippen LogP contribution is -2.06. The van der Waals surface area contributed by atoms with Crippen LogP contribution < -0.4 is 5.73 Å². The lowest BCUT2D eigenvalue weighted by Gasteiger charge is -2.03. The Morgan fingerprint density at radius 1 is 1.78 bits per heavy atom. The molecular weight excluding hydrogens is 130 g/mol. The molecule has 0 bridgehead atoms. The van der Waals surface area contributed by atoms with Crippen LogP contribution >= 0.6 is 11.3 Å². The van der Waals surface area contributed by atoms with Crippen LogP contribution in [0, 0.1) is 0 Å². The highest BCUT2D eigenvalue weighted by Crippen LogP contribution is 2.15. The molecule has 0 aliphatic rings. The van der Waals surface area contributed by atoms with Gasteiger partial charge in [0.2, 0.25) is 0 Å². The first kappa shape index (κ1) is 6.78. The van der Waals surface area contributed by atoms with E-state index >= 15 is 0 Å². The van der Waals surface area contributed by atoms with E-state index < -0.39 is 0 Å². The molecule has 2 N–H and O–H groups in total. The number of hydrogen-bond donors (Lipinski definition) is 1. The maximum Gasteiger partial charge on any atom is 0.0300 e. The summed E-state index contributed by atoms with van der Waals surface area (Å²) >= 11 is 1.70. The van der Waals surface area contributed by atoms with E-state index in [2.05, 4.69) is 23.8 Å². The predicted molar refractivity (Wildman–Crippen MR) is 41.5 cm³/mol. The molecule has 1 nitrogen and oxygen atoms in total. The number of rotatable bonds is 2. The van der Waals surface area contributed by atoms with Gasteiger partial charge in [0.25, 0.3) is 0 Å². The SMILES string of the molecule is CCC(N)c1ccsc1. The van der Waals surface area contributed by atoms with Gasteiger partial charge in [-0.1, -0.05) is 6.92 Å². The number of hydrogen-bond acceptors (Lipinski definition) is 2. The van der Waals surface area contributed by atoms with Crippen molar-refractivity contribution in [2.45, 2.75) is 19.4 Å². The Hall–Kier alpha value is -0.340. The second-order valence-corrected chi connectivity index (χ2v) is 2.85. The second-order valence-electron chi connectivity index (χ2n) is 2.07. The first-order valence-corrected chi connectivity index (χ1v) is 4.06. The minimum atomic E-state index is 0.247. The Labute approximate surface area is 59.5 Å². The summed E-state index contributed by atoms with van der Waals surface area (Å²) in [4.78, 5) is 0. The fourth-order valence-electron chi connectivity index (χ4n) is 0.722. The van der Waals surface area contributed by atoms with Gasteiger partial charge in [-0.15, -0.1) is 0 Å². The summed E-state index contributed by atoms with van der Waals surface area (Å²) in [6.07, 6.45) is 1.02. The summed E-state index contributed by atoms with van der Waals surface area (Å²) in [5.74, 6) is 0. The highest BCUT2D eigenvalue weighted by Gasteiger charge is 2.00. The Balaban J connectivity index is 2.65. The van der Waals surface area contributed by atoms with E-state index in [-0.39, 0.29) is 6.04 Å². The van der Waals surface area contributed by atoms with Crippen LogP contribution in [0.2, 0.25) is 0 Å². The number of thiophene rings is 1. The van der Waals surface area contributed by atoms with Gasteiger partial charge in [-0.25, -0.2) is 0 Å². The van der Waals surface area contributed by atoms with Gasteiger partial charge in [0.1, 0.15) is 0 Å². The van der Waals surface area contributed by atoms with Crippen molar-refractivity contribution in [3.63, 3.8) is 0 Å². The molecule has 0 aromatic carbocycles. The van der Waals surface area contributed by atoms with Gasteiger partial charge in [0.05, 0.1) is 0 Å². The zero-order valence-corrected chi connectivity index (χ0v) is 6.32. The average molecular weight is 141 g/mol. The summed E-state index contributed by atoms with van der Waals surface area (Å²) < 4.78 is 0. The zero-order chi connectivity index (χ0) is 6.69. The van der Waals surface area contributed by atoms with Crippen molar-refractivity contribution in [2.24, 2.45) is 5.73 Å². The van der Waals surface area contributed by atoms with E-state index in [4.69, 9.17) is 5.73 Å². The minimum Gasteiger partial charge on any atom is -0.324 e. The number of nitrogens with two attached hydrogens (primary N) is 1. The van der Waals surface area contributed by atoms with Crippen LogP contribution in [0.3, 0.4) is 0 Å². The van der Waals surface area contributed by atoms with Crippen LogP contribution in [0.25, 0.3) is 0 Å². The zero-order valence-electron chi connectivity index (χ0n) is 5.50. The van der Waals surface area contributed by atoms with Crippen molar-refractivity contribution in [3.8, 4) is 0 Å². The maximum absolute atomic E-state index is 5.75. The minimum absolute atomic E-state index is 0.247. The van der Waals surface area contributed by atoms with E-state index in [0.29, 0.717) is 0 Å². The highest BCUT2D eigenvalue weighted by molar-refractivity contribution is 7.07. The van der Waals surface area contributed by atoms with Crippen molar-refractivity contribution < 1.29 is 0 Å². The predicted octanol–water partition coefficient (Wildman–Crippen LogP) is 2.16. The third-order valence-corrected chi connectivity index (χ3v) is 2.11. The molecule has 1 heterocycles. The smallest absolute Gasteiger partial charge is 0.0300 e. The lowest BCUT2D eigenvalue weighted by molar-refractivity contribution is 0.701.